The molecule has 0 spiro atoms. The second kappa shape index (κ2) is 5.27. The zero-order valence-corrected chi connectivity index (χ0v) is 9.69. The molecule has 0 N–H and O–H groups in total. The Hall–Kier alpha value is -1.42. The molecule has 0 saturated carbocycles. The summed E-state index contributed by atoms with van der Waals surface area (Å²) in [4.78, 5) is 11.7. The van der Waals surface area contributed by atoms with E-state index in [2.05, 4.69) is 0 Å². The minimum Gasteiger partial charge on any atom is -0.469 e. The number of hydrogen-bond donors (Lipinski definition) is 0. The average Bonchev–Trinajstić information content (AvgIpc) is 2.29. The van der Waals surface area contributed by atoms with E-state index in [9.17, 15) is 9.18 Å². The van der Waals surface area contributed by atoms with Crippen molar-refractivity contribution < 1.29 is 18.7 Å². The van der Waals surface area contributed by atoms with Gasteiger partial charge in [-0.25, -0.2) is 4.39 Å². The fourth-order valence-electron chi connectivity index (χ4n) is 1.96. The fraction of sp³-hybridized carbons (Fsp3) is 0.462. The summed E-state index contributed by atoms with van der Waals surface area (Å²) in [6, 6.07) is 6.00. The van der Waals surface area contributed by atoms with Crippen molar-refractivity contribution in [3.05, 3.63) is 35.6 Å². The third-order valence-electron chi connectivity index (χ3n) is 3.03. The Morgan fingerprint density at radius 2 is 2.12 bits per heavy atom. The lowest BCUT2D eigenvalue weighted by molar-refractivity contribution is -0.144. The maximum atomic E-state index is 12.8. The summed E-state index contributed by atoms with van der Waals surface area (Å²) in [6.45, 7) is 1.38. The Balaban J connectivity index is 2.13. The van der Waals surface area contributed by atoms with Gasteiger partial charge in [-0.05, 0) is 24.1 Å². The van der Waals surface area contributed by atoms with E-state index in [1.54, 1.807) is 12.1 Å². The van der Waals surface area contributed by atoms with Gasteiger partial charge in [0.05, 0.1) is 26.2 Å². The van der Waals surface area contributed by atoms with Crippen LogP contribution in [0.5, 0.6) is 0 Å². The van der Waals surface area contributed by atoms with Crippen molar-refractivity contribution in [1.29, 1.82) is 0 Å². The van der Waals surface area contributed by atoms with E-state index in [0.29, 0.717) is 25.6 Å². The first-order valence-electron chi connectivity index (χ1n) is 5.61. The maximum Gasteiger partial charge on any atom is 0.313 e. The van der Waals surface area contributed by atoms with Gasteiger partial charge in [-0.1, -0.05) is 12.1 Å². The standard InChI is InChI=1S/C13H15FO3/c1-16-13(15)12(6-9-7-17-8-9)10-2-4-11(14)5-3-10/h2-5,9,12H,6-8H2,1H3. The molecule has 2 rings (SSSR count). The number of halogens is 1. The molecule has 1 fully saturated rings. The highest BCUT2D eigenvalue weighted by atomic mass is 19.1. The molecule has 1 aromatic carbocycles. The molecular formula is C13H15FO3. The summed E-state index contributed by atoms with van der Waals surface area (Å²) < 4.78 is 22.7. The first kappa shape index (κ1) is 12.0. The van der Waals surface area contributed by atoms with Crippen LogP contribution in [-0.2, 0) is 14.3 Å². The molecule has 1 atom stereocenters. The Bertz CT molecular complexity index is 384. The van der Waals surface area contributed by atoms with Gasteiger partial charge in [-0.15, -0.1) is 0 Å². The highest BCUT2D eigenvalue weighted by Crippen LogP contribution is 2.28. The SMILES string of the molecule is COC(=O)C(CC1COC1)c1ccc(F)cc1. The van der Waals surface area contributed by atoms with Gasteiger partial charge in [0.25, 0.3) is 0 Å². The predicted octanol–water partition coefficient (Wildman–Crippen LogP) is 2.12. The molecule has 3 nitrogen and oxygen atoms in total. The van der Waals surface area contributed by atoms with Crippen LogP contribution in [0.25, 0.3) is 0 Å². The summed E-state index contributed by atoms with van der Waals surface area (Å²) in [5.74, 6) is -0.508. The smallest absolute Gasteiger partial charge is 0.313 e. The van der Waals surface area contributed by atoms with Crippen molar-refractivity contribution in [2.75, 3.05) is 20.3 Å². The number of carbonyl (C=O) groups excluding carboxylic acids is 1. The Morgan fingerprint density at radius 3 is 2.59 bits per heavy atom. The van der Waals surface area contributed by atoms with Crippen molar-refractivity contribution in [1.82, 2.24) is 0 Å². The molecule has 1 aromatic rings. The Morgan fingerprint density at radius 1 is 1.47 bits per heavy atom. The number of benzene rings is 1. The van der Waals surface area contributed by atoms with Crippen LogP contribution in [0.3, 0.4) is 0 Å². The fourth-order valence-corrected chi connectivity index (χ4v) is 1.96. The van der Waals surface area contributed by atoms with E-state index in [1.165, 1.54) is 19.2 Å². The number of methoxy groups -OCH3 is 1. The van der Waals surface area contributed by atoms with E-state index >= 15 is 0 Å². The van der Waals surface area contributed by atoms with E-state index in [4.69, 9.17) is 9.47 Å². The Kier molecular flexibility index (Phi) is 3.74. The molecule has 0 aliphatic carbocycles. The van der Waals surface area contributed by atoms with Crippen molar-refractivity contribution in [2.24, 2.45) is 5.92 Å². The summed E-state index contributed by atoms with van der Waals surface area (Å²) in [7, 11) is 1.37. The molecule has 1 aliphatic rings. The van der Waals surface area contributed by atoms with Crippen LogP contribution < -0.4 is 0 Å². The Labute approximate surface area is 99.5 Å². The van der Waals surface area contributed by atoms with Gasteiger partial charge in [0.1, 0.15) is 5.82 Å². The molecule has 0 aromatic heterocycles. The lowest BCUT2D eigenvalue weighted by Crippen LogP contribution is -2.31. The van der Waals surface area contributed by atoms with Crippen LogP contribution in [0.2, 0.25) is 0 Å². The van der Waals surface area contributed by atoms with Gasteiger partial charge in [-0.2, -0.15) is 0 Å². The quantitative estimate of drug-likeness (QED) is 0.754. The molecule has 1 saturated heterocycles. The van der Waals surface area contributed by atoms with Gasteiger partial charge < -0.3 is 9.47 Å². The molecule has 1 aliphatic heterocycles. The average molecular weight is 238 g/mol. The number of rotatable bonds is 4. The van der Waals surface area contributed by atoms with Crippen LogP contribution in [0, 0.1) is 11.7 Å². The highest BCUT2D eigenvalue weighted by Gasteiger charge is 2.29. The molecule has 0 amide bonds. The molecule has 92 valence electrons. The topological polar surface area (TPSA) is 35.5 Å². The first-order valence-corrected chi connectivity index (χ1v) is 5.61. The van der Waals surface area contributed by atoms with Crippen molar-refractivity contribution in [3.8, 4) is 0 Å². The summed E-state index contributed by atoms with van der Waals surface area (Å²) in [6.07, 6.45) is 0.693. The van der Waals surface area contributed by atoms with Gasteiger partial charge in [0, 0.05) is 5.92 Å². The monoisotopic (exact) mass is 238 g/mol. The summed E-state index contributed by atoms with van der Waals surface area (Å²) >= 11 is 0. The van der Waals surface area contributed by atoms with E-state index in [0.717, 1.165) is 5.56 Å². The van der Waals surface area contributed by atoms with Gasteiger partial charge in [0.2, 0.25) is 0 Å². The summed E-state index contributed by atoms with van der Waals surface area (Å²) in [5, 5.41) is 0. The molecule has 17 heavy (non-hydrogen) atoms. The van der Waals surface area contributed by atoms with E-state index in [-0.39, 0.29) is 17.7 Å². The minimum absolute atomic E-state index is 0.275. The van der Waals surface area contributed by atoms with Crippen LogP contribution in [0.1, 0.15) is 17.9 Å². The van der Waals surface area contributed by atoms with Crippen LogP contribution in [0.4, 0.5) is 4.39 Å². The van der Waals surface area contributed by atoms with Crippen molar-refractivity contribution >= 4 is 5.97 Å². The minimum atomic E-state index is -0.325. The van der Waals surface area contributed by atoms with Gasteiger partial charge in [0.15, 0.2) is 0 Å². The highest BCUT2D eigenvalue weighted by molar-refractivity contribution is 5.78. The van der Waals surface area contributed by atoms with Gasteiger partial charge >= 0.3 is 5.97 Å². The van der Waals surface area contributed by atoms with Crippen LogP contribution >= 0.6 is 0 Å². The number of ether oxygens (including phenoxy) is 2. The maximum absolute atomic E-state index is 12.8. The molecule has 1 heterocycles. The number of carbonyl (C=O) groups is 1. The second-order valence-corrected chi connectivity index (χ2v) is 4.27. The van der Waals surface area contributed by atoms with Crippen LogP contribution in [-0.4, -0.2) is 26.3 Å². The summed E-state index contributed by atoms with van der Waals surface area (Å²) in [5.41, 5.74) is 0.796. The molecular weight excluding hydrogens is 223 g/mol. The van der Waals surface area contributed by atoms with Gasteiger partial charge in [-0.3, -0.25) is 4.79 Å². The van der Waals surface area contributed by atoms with E-state index in [1.807, 2.05) is 0 Å². The van der Waals surface area contributed by atoms with Crippen molar-refractivity contribution in [2.45, 2.75) is 12.3 Å². The zero-order chi connectivity index (χ0) is 12.3. The normalized spacial score (nSPS) is 17.3. The molecule has 1 unspecified atom stereocenters. The number of esters is 1. The molecule has 4 heteroatoms. The third-order valence-corrected chi connectivity index (χ3v) is 3.03. The molecule has 0 bridgehead atoms. The van der Waals surface area contributed by atoms with E-state index < -0.39 is 0 Å². The third kappa shape index (κ3) is 2.82. The largest absolute Gasteiger partial charge is 0.469 e. The first-order chi connectivity index (χ1) is 8.20. The van der Waals surface area contributed by atoms with Crippen LogP contribution in [0.15, 0.2) is 24.3 Å². The van der Waals surface area contributed by atoms with Crippen molar-refractivity contribution in [3.63, 3.8) is 0 Å². The second-order valence-electron chi connectivity index (χ2n) is 4.27. The zero-order valence-electron chi connectivity index (χ0n) is 9.69. The lowest BCUT2D eigenvalue weighted by atomic mass is 9.88. The molecule has 0 radical (unpaired) electrons. The number of hydrogen-bond acceptors (Lipinski definition) is 3. The predicted molar refractivity (Wildman–Crippen MR) is 60.1 cm³/mol. The lowest BCUT2D eigenvalue weighted by Gasteiger charge is -2.29.